The average molecular weight is 235 g/mol. The van der Waals surface area contributed by atoms with Crippen LogP contribution in [0.2, 0.25) is 0 Å². The number of aliphatic hydroxyl groups is 1. The van der Waals surface area contributed by atoms with Crippen LogP contribution in [0.15, 0.2) is 30.3 Å². The average Bonchev–Trinajstić information content (AvgIpc) is 2.38. The molecule has 0 bridgehead atoms. The normalized spacial score (nSPS) is 14.5. The zero-order chi connectivity index (χ0) is 12.5. The first-order valence-electron chi connectivity index (χ1n) is 6.69. The van der Waals surface area contributed by atoms with Gasteiger partial charge in [-0.2, -0.15) is 0 Å². The smallest absolute Gasteiger partial charge is 0.0582 e. The number of hydrogen-bond donors (Lipinski definition) is 2. The molecule has 2 heteroatoms. The maximum absolute atomic E-state index is 9.14. The molecule has 0 amide bonds. The van der Waals surface area contributed by atoms with Gasteiger partial charge in [-0.25, -0.2) is 0 Å². The van der Waals surface area contributed by atoms with Crippen LogP contribution in [0.1, 0.15) is 51.1 Å². The molecule has 0 heterocycles. The van der Waals surface area contributed by atoms with Gasteiger partial charge in [0.1, 0.15) is 0 Å². The third-order valence-corrected chi connectivity index (χ3v) is 3.06. The molecule has 1 aromatic carbocycles. The number of rotatable bonds is 8. The summed E-state index contributed by atoms with van der Waals surface area (Å²) < 4.78 is 0. The Kier molecular flexibility index (Phi) is 6.90. The van der Waals surface area contributed by atoms with Gasteiger partial charge < -0.3 is 10.4 Å². The van der Waals surface area contributed by atoms with Gasteiger partial charge in [0.2, 0.25) is 0 Å². The van der Waals surface area contributed by atoms with Crippen molar-refractivity contribution in [3.8, 4) is 0 Å². The summed E-state index contributed by atoms with van der Waals surface area (Å²) in [5.74, 6) is 0. The predicted molar refractivity (Wildman–Crippen MR) is 73.0 cm³/mol. The highest BCUT2D eigenvalue weighted by Gasteiger charge is 2.12. The van der Waals surface area contributed by atoms with Crippen LogP contribution in [-0.2, 0) is 0 Å². The Balaban J connectivity index is 2.58. The topological polar surface area (TPSA) is 32.3 Å². The first-order valence-corrected chi connectivity index (χ1v) is 6.69. The van der Waals surface area contributed by atoms with E-state index >= 15 is 0 Å². The molecule has 1 unspecified atom stereocenters. The molecule has 1 rings (SSSR count). The van der Waals surface area contributed by atoms with Crippen LogP contribution in [0.5, 0.6) is 0 Å². The van der Waals surface area contributed by atoms with Crippen molar-refractivity contribution < 1.29 is 5.11 Å². The van der Waals surface area contributed by atoms with Gasteiger partial charge in [0.05, 0.1) is 6.61 Å². The fraction of sp³-hybridized carbons (Fsp3) is 0.600. The number of benzene rings is 1. The van der Waals surface area contributed by atoms with Gasteiger partial charge in [0.15, 0.2) is 0 Å². The lowest BCUT2D eigenvalue weighted by atomic mass is 10.00. The summed E-state index contributed by atoms with van der Waals surface area (Å²) in [6.45, 7) is 4.44. The van der Waals surface area contributed by atoms with E-state index in [1.165, 1.54) is 24.8 Å². The molecular weight excluding hydrogens is 210 g/mol. The Morgan fingerprint density at radius 3 is 2.47 bits per heavy atom. The zero-order valence-corrected chi connectivity index (χ0v) is 11.0. The maximum atomic E-state index is 9.14. The summed E-state index contributed by atoms with van der Waals surface area (Å²) in [6.07, 6.45) is 4.90. The minimum Gasteiger partial charge on any atom is -0.395 e. The van der Waals surface area contributed by atoms with Crippen molar-refractivity contribution in [1.29, 1.82) is 0 Å². The van der Waals surface area contributed by atoms with Crippen molar-refractivity contribution in [3.05, 3.63) is 35.9 Å². The lowest BCUT2D eigenvalue weighted by Gasteiger charge is -2.22. The molecule has 96 valence electrons. The van der Waals surface area contributed by atoms with E-state index in [9.17, 15) is 0 Å². The molecule has 2 nitrogen and oxygen atoms in total. The van der Waals surface area contributed by atoms with E-state index in [4.69, 9.17) is 5.11 Å². The van der Waals surface area contributed by atoms with E-state index in [0.717, 1.165) is 6.42 Å². The highest BCUT2D eigenvalue weighted by molar-refractivity contribution is 5.18. The third kappa shape index (κ3) is 5.33. The molecule has 2 atom stereocenters. The van der Waals surface area contributed by atoms with E-state index in [-0.39, 0.29) is 12.6 Å². The summed E-state index contributed by atoms with van der Waals surface area (Å²) in [6, 6.07) is 11.0. The van der Waals surface area contributed by atoms with Crippen molar-refractivity contribution in [2.45, 2.75) is 51.6 Å². The predicted octanol–water partition coefficient (Wildman–Crippen LogP) is 3.28. The molecule has 0 saturated carbocycles. The van der Waals surface area contributed by atoms with Gasteiger partial charge in [-0.15, -0.1) is 0 Å². The molecule has 0 radical (unpaired) electrons. The van der Waals surface area contributed by atoms with Crippen molar-refractivity contribution in [3.63, 3.8) is 0 Å². The minimum atomic E-state index is 0.154. The number of aliphatic hydroxyl groups excluding tert-OH is 1. The molecule has 0 aliphatic heterocycles. The van der Waals surface area contributed by atoms with Crippen molar-refractivity contribution in [2.75, 3.05) is 6.61 Å². The van der Waals surface area contributed by atoms with Crippen LogP contribution in [0.25, 0.3) is 0 Å². The molecule has 1 aromatic rings. The molecule has 2 N–H and O–H groups in total. The summed E-state index contributed by atoms with van der Waals surface area (Å²) in [7, 11) is 0. The van der Waals surface area contributed by atoms with Crippen LogP contribution in [0.4, 0.5) is 0 Å². The van der Waals surface area contributed by atoms with Gasteiger partial charge in [-0.1, -0.05) is 56.5 Å². The molecular formula is C15H25NO. The van der Waals surface area contributed by atoms with Crippen molar-refractivity contribution in [2.24, 2.45) is 0 Å². The second-order valence-corrected chi connectivity index (χ2v) is 4.71. The molecule has 0 aliphatic rings. The molecule has 0 aromatic heterocycles. The van der Waals surface area contributed by atoms with Crippen LogP contribution in [-0.4, -0.2) is 17.8 Å². The first-order chi connectivity index (χ1) is 8.27. The maximum Gasteiger partial charge on any atom is 0.0582 e. The quantitative estimate of drug-likeness (QED) is 0.678. The SMILES string of the molecule is CCCCCC(N[C@H](C)CO)c1ccccc1. The summed E-state index contributed by atoms with van der Waals surface area (Å²) in [5.41, 5.74) is 1.32. The van der Waals surface area contributed by atoms with E-state index in [1.54, 1.807) is 0 Å². The lowest BCUT2D eigenvalue weighted by Crippen LogP contribution is -2.33. The monoisotopic (exact) mass is 235 g/mol. The highest BCUT2D eigenvalue weighted by atomic mass is 16.3. The Labute approximate surface area is 105 Å². The van der Waals surface area contributed by atoms with Gasteiger partial charge >= 0.3 is 0 Å². The van der Waals surface area contributed by atoms with E-state index in [0.29, 0.717) is 6.04 Å². The van der Waals surface area contributed by atoms with Crippen LogP contribution < -0.4 is 5.32 Å². The van der Waals surface area contributed by atoms with Gasteiger partial charge in [-0.05, 0) is 18.9 Å². The second kappa shape index (κ2) is 8.26. The van der Waals surface area contributed by atoms with E-state index < -0.39 is 0 Å². The Morgan fingerprint density at radius 1 is 1.18 bits per heavy atom. The van der Waals surface area contributed by atoms with E-state index in [1.807, 2.05) is 13.0 Å². The van der Waals surface area contributed by atoms with Crippen LogP contribution in [0.3, 0.4) is 0 Å². The van der Waals surface area contributed by atoms with Crippen LogP contribution >= 0.6 is 0 Å². The summed E-state index contributed by atoms with van der Waals surface area (Å²) in [4.78, 5) is 0. The first kappa shape index (κ1) is 14.2. The summed E-state index contributed by atoms with van der Waals surface area (Å²) in [5, 5.41) is 12.6. The highest BCUT2D eigenvalue weighted by Crippen LogP contribution is 2.20. The Morgan fingerprint density at radius 2 is 1.88 bits per heavy atom. The lowest BCUT2D eigenvalue weighted by molar-refractivity contribution is 0.237. The number of hydrogen-bond acceptors (Lipinski definition) is 2. The fourth-order valence-electron chi connectivity index (χ4n) is 2.03. The molecule has 17 heavy (non-hydrogen) atoms. The number of nitrogens with one attached hydrogen (secondary N) is 1. The Bertz CT molecular complexity index is 286. The third-order valence-electron chi connectivity index (χ3n) is 3.06. The van der Waals surface area contributed by atoms with Crippen molar-refractivity contribution >= 4 is 0 Å². The molecule has 0 spiro atoms. The fourth-order valence-corrected chi connectivity index (χ4v) is 2.03. The van der Waals surface area contributed by atoms with Gasteiger partial charge in [0.25, 0.3) is 0 Å². The largest absolute Gasteiger partial charge is 0.395 e. The van der Waals surface area contributed by atoms with Crippen LogP contribution in [0, 0.1) is 0 Å². The zero-order valence-electron chi connectivity index (χ0n) is 11.0. The molecule has 0 fully saturated rings. The summed E-state index contributed by atoms with van der Waals surface area (Å²) >= 11 is 0. The standard InChI is InChI=1S/C15H25NO/c1-3-4-6-11-15(16-13(2)12-17)14-9-7-5-8-10-14/h5,7-10,13,15-17H,3-4,6,11-12H2,1-2H3/t13-,15?/m1/s1. The molecule has 0 aliphatic carbocycles. The Hall–Kier alpha value is -0.860. The second-order valence-electron chi connectivity index (χ2n) is 4.71. The van der Waals surface area contributed by atoms with Gasteiger partial charge in [-0.3, -0.25) is 0 Å². The van der Waals surface area contributed by atoms with Crippen molar-refractivity contribution in [1.82, 2.24) is 5.32 Å². The minimum absolute atomic E-state index is 0.154. The molecule has 0 saturated heterocycles. The number of unbranched alkanes of at least 4 members (excludes halogenated alkanes) is 2. The van der Waals surface area contributed by atoms with E-state index in [2.05, 4.69) is 36.5 Å². The van der Waals surface area contributed by atoms with Gasteiger partial charge in [0, 0.05) is 12.1 Å².